The molecule has 5 heteroatoms. The smallest absolute Gasteiger partial charge is 0.252 e. The van der Waals surface area contributed by atoms with Gasteiger partial charge in [-0.05, 0) is 37.5 Å². The first-order chi connectivity index (χ1) is 9.93. The predicted molar refractivity (Wildman–Crippen MR) is 79.6 cm³/mol. The van der Waals surface area contributed by atoms with Crippen LogP contribution >= 0.6 is 0 Å². The van der Waals surface area contributed by atoms with E-state index in [4.69, 9.17) is 0 Å². The number of nitrogens with one attached hydrogen (secondary N) is 1. The van der Waals surface area contributed by atoms with Gasteiger partial charge in [0.05, 0.1) is 5.69 Å². The first-order valence-corrected chi connectivity index (χ1v) is 7.32. The second-order valence-corrected chi connectivity index (χ2v) is 5.50. The quantitative estimate of drug-likeness (QED) is 0.930. The zero-order chi connectivity index (χ0) is 15.6. The lowest BCUT2D eigenvalue weighted by Gasteiger charge is -2.33. The highest BCUT2D eigenvalue weighted by Gasteiger charge is 2.42. The molecule has 0 bridgehead atoms. The summed E-state index contributed by atoms with van der Waals surface area (Å²) in [6.07, 6.45) is 1.15. The molecule has 0 radical (unpaired) electrons. The molecule has 2 rings (SSSR count). The van der Waals surface area contributed by atoms with Gasteiger partial charge in [-0.15, -0.1) is 0 Å². The van der Waals surface area contributed by atoms with Crippen LogP contribution in [0.25, 0.3) is 0 Å². The van der Waals surface area contributed by atoms with Crippen molar-refractivity contribution < 1.29 is 14.0 Å². The highest BCUT2D eigenvalue weighted by Crippen LogP contribution is 2.28. The van der Waals surface area contributed by atoms with Gasteiger partial charge in [-0.1, -0.05) is 19.9 Å². The largest absolute Gasteiger partial charge is 0.342 e. The average molecular weight is 292 g/mol. The van der Waals surface area contributed by atoms with Crippen molar-refractivity contribution in [1.29, 1.82) is 0 Å². The van der Waals surface area contributed by atoms with E-state index in [-0.39, 0.29) is 30.5 Å². The Bertz CT molecular complexity index is 567. The van der Waals surface area contributed by atoms with Crippen molar-refractivity contribution in [2.24, 2.45) is 0 Å². The number of halogens is 1. The number of hydrogen-bond donors (Lipinski definition) is 1. The summed E-state index contributed by atoms with van der Waals surface area (Å²) in [5.74, 6) is -0.838. The molecule has 0 atom stereocenters. The molecule has 114 valence electrons. The van der Waals surface area contributed by atoms with Crippen molar-refractivity contribution in [3.05, 3.63) is 29.6 Å². The Morgan fingerprint density at radius 1 is 1.29 bits per heavy atom. The van der Waals surface area contributed by atoms with Gasteiger partial charge in [0.1, 0.15) is 11.4 Å². The normalized spacial score (nSPS) is 18.4. The van der Waals surface area contributed by atoms with Gasteiger partial charge in [-0.3, -0.25) is 9.59 Å². The van der Waals surface area contributed by atoms with Gasteiger partial charge in [0.25, 0.3) is 5.91 Å². The number of nitrogens with zero attached hydrogens (tertiary/aromatic N) is 1. The molecule has 0 saturated carbocycles. The van der Waals surface area contributed by atoms with Crippen LogP contribution in [0.4, 0.5) is 10.1 Å². The fraction of sp³-hybridized carbons (Fsp3) is 0.500. The molecule has 1 heterocycles. The number of carbonyl (C=O) groups excluding carboxylic acids is 2. The van der Waals surface area contributed by atoms with Crippen molar-refractivity contribution in [3.63, 3.8) is 0 Å². The van der Waals surface area contributed by atoms with E-state index in [9.17, 15) is 14.0 Å². The third kappa shape index (κ3) is 2.77. The van der Waals surface area contributed by atoms with Gasteiger partial charge >= 0.3 is 0 Å². The van der Waals surface area contributed by atoms with E-state index in [0.29, 0.717) is 12.8 Å². The molecule has 0 aromatic heterocycles. The van der Waals surface area contributed by atoms with Crippen molar-refractivity contribution in [2.45, 2.75) is 45.6 Å². The van der Waals surface area contributed by atoms with Crippen LogP contribution < -0.4 is 10.2 Å². The molecule has 0 aliphatic carbocycles. The number of hydrogen-bond acceptors (Lipinski definition) is 2. The molecule has 0 spiro atoms. The fourth-order valence-corrected chi connectivity index (χ4v) is 2.74. The summed E-state index contributed by atoms with van der Waals surface area (Å²) in [4.78, 5) is 26.2. The van der Waals surface area contributed by atoms with Gasteiger partial charge < -0.3 is 10.2 Å². The third-order valence-electron chi connectivity index (χ3n) is 4.20. The summed E-state index contributed by atoms with van der Waals surface area (Å²) in [5, 5.41) is 2.82. The van der Waals surface area contributed by atoms with Crippen molar-refractivity contribution in [1.82, 2.24) is 5.32 Å². The van der Waals surface area contributed by atoms with Crippen LogP contribution in [0.5, 0.6) is 0 Å². The maximum atomic E-state index is 14.1. The predicted octanol–water partition coefficient (Wildman–Crippen LogP) is 2.55. The molecule has 1 aliphatic rings. The van der Waals surface area contributed by atoms with Crippen LogP contribution in [-0.2, 0) is 9.59 Å². The summed E-state index contributed by atoms with van der Waals surface area (Å²) in [7, 11) is 0. The van der Waals surface area contributed by atoms with Crippen LogP contribution in [0.2, 0.25) is 0 Å². The Hall–Kier alpha value is -1.91. The Balaban J connectivity index is 2.49. The van der Waals surface area contributed by atoms with Crippen molar-refractivity contribution in [2.75, 3.05) is 11.4 Å². The van der Waals surface area contributed by atoms with Gasteiger partial charge in [-0.2, -0.15) is 0 Å². The SMILES string of the molecule is CCC1(CC)NC(=O)CCN(c2cc(C)ccc2F)C1=O. The summed E-state index contributed by atoms with van der Waals surface area (Å²) in [5.41, 5.74) is 0.188. The van der Waals surface area contributed by atoms with E-state index >= 15 is 0 Å². The van der Waals surface area contributed by atoms with E-state index in [1.165, 1.54) is 11.0 Å². The first kappa shape index (κ1) is 15.5. The minimum Gasteiger partial charge on any atom is -0.342 e. The molecule has 1 fully saturated rings. The molecule has 2 amide bonds. The fourth-order valence-electron chi connectivity index (χ4n) is 2.74. The van der Waals surface area contributed by atoms with Crippen LogP contribution in [0.1, 0.15) is 38.7 Å². The van der Waals surface area contributed by atoms with E-state index in [2.05, 4.69) is 5.32 Å². The standard InChI is InChI=1S/C16H21FN2O2/c1-4-16(5-2)15(21)19(9-8-14(20)18-16)13-10-11(3)6-7-12(13)17/h6-7,10H,4-5,8-9H2,1-3H3,(H,18,20). The first-order valence-electron chi connectivity index (χ1n) is 7.32. The number of rotatable bonds is 3. The number of benzene rings is 1. The summed E-state index contributed by atoms with van der Waals surface area (Å²) in [6.45, 7) is 5.77. The molecule has 4 nitrogen and oxygen atoms in total. The Kier molecular flexibility index (Phi) is 4.30. The second-order valence-electron chi connectivity index (χ2n) is 5.50. The number of aryl methyl sites for hydroxylation is 1. The van der Waals surface area contributed by atoms with Crippen molar-refractivity contribution in [3.8, 4) is 0 Å². The second kappa shape index (κ2) is 5.84. The molecule has 1 aliphatic heterocycles. The van der Waals surface area contributed by atoms with Gasteiger partial charge in [0, 0.05) is 13.0 Å². The topological polar surface area (TPSA) is 49.4 Å². The highest BCUT2D eigenvalue weighted by molar-refractivity contribution is 6.04. The Morgan fingerprint density at radius 3 is 2.57 bits per heavy atom. The molecule has 1 saturated heterocycles. The molecule has 1 aromatic carbocycles. The lowest BCUT2D eigenvalue weighted by molar-refractivity contribution is -0.130. The molecule has 1 N–H and O–H groups in total. The van der Waals surface area contributed by atoms with E-state index in [1.807, 2.05) is 20.8 Å². The monoisotopic (exact) mass is 292 g/mol. The minimum absolute atomic E-state index is 0.164. The highest BCUT2D eigenvalue weighted by atomic mass is 19.1. The molecular weight excluding hydrogens is 271 g/mol. The molecule has 21 heavy (non-hydrogen) atoms. The molecule has 1 aromatic rings. The molecule has 0 unspecified atom stereocenters. The average Bonchev–Trinajstić information content (AvgIpc) is 2.59. The minimum atomic E-state index is -0.941. The van der Waals surface area contributed by atoms with Crippen molar-refractivity contribution >= 4 is 17.5 Å². The van der Waals surface area contributed by atoms with E-state index in [1.54, 1.807) is 12.1 Å². The van der Waals surface area contributed by atoms with Crippen LogP contribution in [-0.4, -0.2) is 23.9 Å². The van der Waals surface area contributed by atoms with Crippen LogP contribution in [0, 0.1) is 12.7 Å². The number of anilines is 1. The van der Waals surface area contributed by atoms with E-state index < -0.39 is 11.4 Å². The van der Waals surface area contributed by atoms with Crippen LogP contribution in [0.3, 0.4) is 0 Å². The van der Waals surface area contributed by atoms with Gasteiger partial charge in [0.2, 0.25) is 5.91 Å². The lowest BCUT2D eigenvalue weighted by atomic mass is 9.91. The number of carbonyl (C=O) groups is 2. The zero-order valence-electron chi connectivity index (χ0n) is 12.7. The maximum absolute atomic E-state index is 14.1. The maximum Gasteiger partial charge on any atom is 0.252 e. The number of amides is 2. The zero-order valence-corrected chi connectivity index (χ0v) is 12.7. The summed E-state index contributed by atoms with van der Waals surface area (Å²) >= 11 is 0. The molecular formula is C16H21FN2O2. The van der Waals surface area contributed by atoms with E-state index in [0.717, 1.165) is 5.56 Å². The van der Waals surface area contributed by atoms with Crippen LogP contribution in [0.15, 0.2) is 18.2 Å². The lowest BCUT2D eigenvalue weighted by Crippen LogP contribution is -2.56. The third-order valence-corrected chi connectivity index (χ3v) is 4.20. The summed E-state index contributed by atoms with van der Waals surface area (Å²) in [6, 6.07) is 4.67. The Labute approximate surface area is 124 Å². The Morgan fingerprint density at radius 2 is 1.95 bits per heavy atom. The van der Waals surface area contributed by atoms with Gasteiger partial charge in [0.15, 0.2) is 0 Å². The summed E-state index contributed by atoms with van der Waals surface area (Å²) < 4.78 is 14.1. The van der Waals surface area contributed by atoms with Gasteiger partial charge in [-0.25, -0.2) is 4.39 Å².